The van der Waals surface area contributed by atoms with Crippen molar-refractivity contribution in [2.75, 3.05) is 7.11 Å². The molecule has 0 spiro atoms. The van der Waals surface area contributed by atoms with Crippen LogP contribution in [0.2, 0.25) is 0 Å². The van der Waals surface area contributed by atoms with Crippen LogP contribution in [0.4, 0.5) is 0 Å². The Kier molecular flexibility index (Phi) is 4.94. The molecule has 0 aromatic heterocycles. The molecular weight excluding hydrogens is 286 g/mol. The maximum Gasteiger partial charge on any atom is 0.241 e. The van der Waals surface area contributed by atoms with Gasteiger partial charge in [-0.2, -0.15) is 0 Å². The zero-order chi connectivity index (χ0) is 15.6. The normalized spacial score (nSPS) is 23.0. The van der Waals surface area contributed by atoms with Gasteiger partial charge in [-0.15, -0.1) is 0 Å². The van der Waals surface area contributed by atoms with E-state index in [0.717, 1.165) is 36.1 Å². The number of nitrogens with one attached hydrogen (secondary N) is 1. The van der Waals surface area contributed by atoms with Crippen molar-refractivity contribution < 1.29 is 13.2 Å². The predicted octanol–water partition coefficient (Wildman–Crippen LogP) is 3.17. The van der Waals surface area contributed by atoms with Gasteiger partial charge in [0.2, 0.25) is 10.0 Å². The summed E-state index contributed by atoms with van der Waals surface area (Å²) < 4.78 is 33.5. The Hall–Kier alpha value is -1.07. The van der Waals surface area contributed by atoms with Crippen molar-refractivity contribution in [2.24, 2.45) is 5.92 Å². The quantitative estimate of drug-likeness (QED) is 0.929. The smallest absolute Gasteiger partial charge is 0.241 e. The van der Waals surface area contributed by atoms with E-state index >= 15 is 0 Å². The van der Waals surface area contributed by atoms with Crippen molar-refractivity contribution in [2.45, 2.75) is 57.4 Å². The first kappa shape index (κ1) is 16.3. The zero-order valence-corrected chi connectivity index (χ0v) is 14.1. The van der Waals surface area contributed by atoms with Crippen LogP contribution in [0.3, 0.4) is 0 Å². The summed E-state index contributed by atoms with van der Waals surface area (Å²) in [6, 6.07) is 3.41. The van der Waals surface area contributed by atoms with Gasteiger partial charge >= 0.3 is 0 Å². The molecule has 0 radical (unpaired) electrons. The molecule has 0 saturated heterocycles. The fourth-order valence-electron chi connectivity index (χ4n) is 3.04. The number of hydrogen-bond donors (Lipinski definition) is 1. The molecule has 5 heteroatoms. The lowest BCUT2D eigenvalue weighted by atomic mass is 9.87. The minimum atomic E-state index is -3.48. The highest BCUT2D eigenvalue weighted by molar-refractivity contribution is 7.89. The topological polar surface area (TPSA) is 55.4 Å². The van der Waals surface area contributed by atoms with E-state index in [1.165, 1.54) is 6.42 Å². The first-order valence-corrected chi connectivity index (χ1v) is 9.01. The second kappa shape index (κ2) is 6.36. The standard InChI is InChI=1S/C16H25NO3S/c1-11-7-5-6-8-14(11)17-21(18,19)16-10-9-15(20-4)12(2)13(16)3/h9-11,14,17H,5-8H2,1-4H3/t11-,14+/m1/s1. The molecule has 1 aromatic carbocycles. The molecule has 2 rings (SSSR count). The second-order valence-electron chi connectivity index (χ2n) is 6.01. The summed E-state index contributed by atoms with van der Waals surface area (Å²) in [5.41, 5.74) is 1.63. The summed E-state index contributed by atoms with van der Waals surface area (Å²) in [5, 5.41) is 0. The molecule has 0 aliphatic heterocycles. The van der Waals surface area contributed by atoms with Crippen LogP contribution in [0.1, 0.15) is 43.7 Å². The third kappa shape index (κ3) is 3.40. The van der Waals surface area contributed by atoms with Gasteiger partial charge in [0.1, 0.15) is 5.75 Å². The van der Waals surface area contributed by atoms with E-state index in [1.807, 2.05) is 13.8 Å². The molecule has 1 saturated carbocycles. The van der Waals surface area contributed by atoms with Crippen molar-refractivity contribution in [3.05, 3.63) is 23.3 Å². The molecule has 118 valence electrons. The van der Waals surface area contributed by atoms with Gasteiger partial charge in [-0.3, -0.25) is 0 Å². The van der Waals surface area contributed by atoms with Crippen LogP contribution in [-0.2, 0) is 10.0 Å². The molecule has 1 aliphatic rings. The molecule has 0 amide bonds. The number of rotatable bonds is 4. The average molecular weight is 311 g/mol. The molecular formula is C16H25NO3S. The average Bonchev–Trinajstić information content (AvgIpc) is 2.44. The number of hydrogen-bond acceptors (Lipinski definition) is 3. The third-order valence-electron chi connectivity index (χ3n) is 4.62. The maximum atomic E-state index is 12.7. The van der Waals surface area contributed by atoms with E-state index in [0.29, 0.717) is 10.8 Å². The summed E-state index contributed by atoms with van der Waals surface area (Å²) >= 11 is 0. The van der Waals surface area contributed by atoms with Crippen LogP contribution in [0.15, 0.2) is 17.0 Å². The van der Waals surface area contributed by atoms with E-state index < -0.39 is 10.0 Å². The van der Waals surface area contributed by atoms with E-state index in [-0.39, 0.29) is 6.04 Å². The lowest BCUT2D eigenvalue weighted by Crippen LogP contribution is -2.41. The summed E-state index contributed by atoms with van der Waals surface area (Å²) in [7, 11) is -1.88. The minimum Gasteiger partial charge on any atom is -0.496 e. The van der Waals surface area contributed by atoms with Crippen molar-refractivity contribution in [3.63, 3.8) is 0 Å². The Morgan fingerprint density at radius 2 is 1.81 bits per heavy atom. The van der Waals surface area contributed by atoms with Gasteiger partial charge < -0.3 is 4.74 Å². The number of sulfonamides is 1. The van der Waals surface area contributed by atoms with Crippen molar-refractivity contribution in [3.8, 4) is 5.75 Å². The molecule has 2 atom stereocenters. The van der Waals surface area contributed by atoms with E-state index in [2.05, 4.69) is 11.6 Å². The summed E-state index contributed by atoms with van der Waals surface area (Å²) in [5.74, 6) is 1.12. The highest BCUT2D eigenvalue weighted by atomic mass is 32.2. The minimum absolute atomic E-state index is 0.0468. The predicted molar refractivity (Wildman–Crippen MR) is 84.2 cm³/mol. The van der Waals surface area contributed by atoms with Gasteiger partial charge in [0, 0.05) is 6.04 Å². The number of ether oxygens (including phenoxy) is 1. The molecule has 0 heterocycles. The molecule has 1 N–H and O–H groups in total. The fraction of sp³-hybridized carbons (Fsp3) is 0.625. The number of benzene rings is 1. The molecule has 4 nitrogen and oxygen atoms in total. The van der Waals surface area contributed by atoms with Gasteiger partial charge in [0.05, 0.1) is 12.0 Å². The first-order valence-electron chi connectivity index (χ1n) is 7.53. The third-order valence-corrected chi connectivity index (χ3v) is 6.25. The molecule has 0 unspecified atom stereocenters. The Balaban J connectivity index is 2.29. The monoisotopic (exact) mass is 311 g/mol. The van der Waals surface area contributed by atoms with Crippen LogP contribution < -0.4 is 9.46 Å². The lowest BCUT2D eigenvalue weighted by Gasteiger charge is -2.29. The molecule has 21 heavy (non-hydrogen) atoms. The van der Waals surface area contributed by atoms with Crippen LogP contribution in [0.5, 0.6) is 5.75 Å². The molecule has 0 bridgehead atoms. The van der Waals surface area contributed by atoms with Crippen LogP contribution >= 0.6 is 0 Å². The summed E-state index contributed by atoms with van der Waals surface area (Å²) in [4.78, 5) is 0.360. The number of methoxy groups -OCH3 is 1. The fourth-order valence-corrected chi connectivity index (χ4v) is 4.72. The van der Waals surface area contributed by atoms with Gasteiger partial charge in [0.15, 0.2) is 0 Å². The van der Waals surface area contributed by atoms with Crippen LogP contribution in [0, 0.1) is 19.8 Å². The lowest BCUT2D eigenvalue weighted by molar-refractivity contribution is 0.310. The van der Waals surface area contributed by atoms with E-state index in [4.69, 9.17) is 4.74 Å². The SMILES string of the molecule is COc1ccc(S(=O)(=O)N[C@H]2CCCC[C@H]2C)c(C)c1C. The Morgan fingerprint density at radius 1 is 1.14 bits per heavy atom. The highest BCUT2D eigenvalue weighted by Crippen LogP contribution is 2.29. The Bertz CT molecular complexity index is 610. The second-order valence-corrected chi connectivity index (χ2v) is 7.69. The van der Waals surface area contributed by atoms with Crippen molar-refractivity contribution in [1.82, 2.24) is 4.72 Å². The van der Waals surface area contributed by atoms with Gasteiger partial charge in [-0.1, -0.05) is 19.8 Å². The van der Waals surface area contributed by atoms with Gasteiger partial charge in [-0.05, 0) is 55.9 Å². The molecule has 1 fully saturated rings. The molecule has 1 aromatic rings. The first-order chi connectivity index (χ1) is 9.86. The van der Waals surface area contributed by atoms with Gasteiger partial charge in [-0.25, -0.2) is 13.1 Å². The van der Waals surface area contributed by atoms with Crippen LogP contribution in [-0.4, -0.2) is 21.6 Å². The van der Waals surface area contributed by atoms with Crippen LogP contribution in [0.25, 0.3) is 0 Å². The maximum absolute atomic E-state index is 12.7. The van der Waals surface area contributed by atoms with Crippen molar-refractivity contribution >= 4 is 10.0 Å². The van der Waals surface area contributed by atoms with Gasteiger partial charge in [0.25, 0.3) is 0 Å². The highest BCUT2D eigenvalue weighted by Gasteiger charge is 2.28. The summed E-state index contributed by atoms with van der Waals surface area (Å²) in [6.45, 7) is 5.84. The Labute approximate surface area is 127 Å². The largest absolute Gasteiger partial charge is 0.496 e. The Morgan fingerprint density at radius 3 is 2.43 bits per heavy atom. The van der Waals surface area contributed by atoms with E-state index in [9.17, 15) is 8.42 Å². The van der Waals surface area contributed by atoms with E-state index in [1.54, 1.807) is 19.2 Å². The zero-order valence-electron chi connectivity index (χ0n) is 13.3. The molecule has 1 aliphatic carbocycles. The van der Waals surface area contributed by atoms with Crippen molar-refractivity contribution in [1.29, 1.82) is 0 Å². The summed E-state index contributed by atoms with van der Waals surface area (Å²) in [6.07, 6.45) is 4.31.